The molecule has 0 aliphatic rings. The van der Waals surface area contributed by atoms with Crippen molar-refractivity contribution in [3.63, 3.8) is 0 Å². The first-order valence-corrected chi connectivity index (χ1v) is 7.39. The third-order valence-electron chi connectivity index (χ3n) is 3.23. The van der Waals surface area contributed by atoms with Crippen molar-refractivity contribution in [2.24, 2.45) is 0 Å². The lowest BCUT2D eigenvalue weighted by Gasteiger charge is -2.08. The standard InChI is InChI=1S/C15H12BrN3O3/c16-10-7-9(5-6-14(20)21)8-13(15(10)22)19-17-11-3-1-2-4-12(11)18-19/h1-4,7-8,22H,5-6H2,(H,20,21). The van der Waals surface area contributed by atoms with Crippen LogP contribution in [0.25, 0.3) is 16.7 Å². The lowest BCUT2D eigenvalue weighted by atomic mass is 10.1. The van der Waals surface area contributed by atoms with E-state index in [0.29, 0.717) is 27.6 Å². The van der Waals surface area contributed by atoms with Crippen LogP contribution in [0.5, 0.6) is 5.75 Å². The maximum atomic E-state index is 10.7. The first-order valence-electron chi connectivity index (χ1n) is 6.60. The minimum atomic E-state index is -0.867. The zero-order valence-corrected chi connectivity index (χ0v) is 13.0. The highest BCUT2D eigenvalue weighted by Crippen LogP contribution is 2.32. The molecule has 7 heteroatoms. The van der Waals surface area contributed by atoms with Gasteiger partial charge in [0, 0.05) is 6.42 Å². The van der Waals surface area contributed by atoms with Crippen molar-refractivity contribution in [3.05, 3.63) is 46.4 Å². The quantitative estimate of drug-likeness (QED) is 0.745. The summed E-state index contributed by atoms with van der Waals surface area (Å²) in [6.07, 6.45) is 0.382. The van der Waals surface area contributed by atoms with Crippen LogP contribution in [0.4, 0.5) is 0 Å². The number of aromatic hydroxyl groups is 1. The van der Waals surface area contributed by atoms with Crippen LogP contribution < -0.4 is 0 Å². The maximum Gasteiger partial charge on any atom is 0.303 e. The van der Waals surface area contributed by atoms with Gasteiger partial charge < -0.3 is 10.2 Å². The molecule has 2 N–H and O–H groups in total. The number of hydrogen-bond donors (Lipinski definition) is 2. The van der Waals surface area contributed by atoms with E-state index in [2.05, 4.69) is 26.1 Å². The molecular weight excluding hydrogens is 350 g/mol. The Hall–Kier alpha value is -2.41. The van der Waals surface area contributed by atoms with E-state index in [4.69, 9.17) is 5.11 Å². The zero-order valence-electron chi connectivity index (χ0n) is 11.4. The van der Waals surface area contributed by atoms with Gasteiger partial charge in [-0.2, -0.15) is 0 Å². The fraction of sp³-hybridized carbons (Fsp3) is 0.133. The van der Waals surface area contributed by atoms with Crippen LogP contribution in [0.2, 0.25) is 0 Å². The van der Waals surface area contributed by atoms with Crippen LogP contribution in [-0.4, -0.2) is 31.2 Å². The summed E-state index contributed by atoms with van der Waals surface area (Å²) in [5.41, 5.74) is 2.62. The Balaban J connectivity index is 2.06. The third kappa shape index (κ3) is 2.80. The number of aliphatic carboxylic acids is 1. The molecule has 3 rings (SSSR count). The van der Waals surface area contributed by atoms with Crippen LogP contribution in [0.1, 0.15) is 12.0 Å². The van der Waals surface area contributed by atoms with E-state index in [1.807, 2.05) is 24.3 Å². The Kier molecular flexibility index (Phi) is 3.81. The Labute approximate surface area is 134 Å². The average molecular weight is 362 g/mol. The number of halogens is 1. The van der Waals surface area contributed by atoms with Crippen molar-refractivity contribution in [1.82, 2.24) is 15.0 Å². The first-order chi connectivity index (χ1) is 10.5. The number of phenols is 1. The second kappa shape index (κ2) is 5.76. The van der Waals surface area contributed by atoms with E-state index in [-0.39, 0.29) is 12.2 Å². The molecule has 0 unspecified atom stereocenters. The SMILES string of the molecule is O=C(O)CCc1cc(Br)c(O)c(-n2nc3ccccc3n2)c1. The predicted molar refractivity (Wildman–Crippen MR) is 84.2 cm³/mol. The molecule has 0 radical (unpaired) electrons. The highest BCUT2D eigenvalue weighted by molar-refractivity contribution is 9.10. The summed E-state index contributed by atoms with van der Waals surface area (Å²) < 4.78 is 0.478. The van der Waals surface area contributed by atoms with Crippen LogP contribution >= 0.6 is 15.9 Å². The van der Waals surface area contributed by atoms with Gasteiger partial charge in [-0.3, -0.25) is 4.79 Å². The van der Waals surface area contributed by atoms with Gasteiger partial charge in [0.05, 0.1) is 4.47 Å². The van der Waals surface area contributed by atoms with E-state index in [0.717, 1.165) is 5.56 Å². The Morgan fingerprint density at radius 2 is 1.82 bits per heavy atom. The van der Waals surface area contributed by atoms with Crippen molar-refractivity contribution in [1.29, 1.82) is 0 Å². The molecule has 0 saturated carbocycles. The summed E-state index contributed by atoms with van der Waals surface area (Å²) in [6, 6.07) is 10.8. The molecule has 0 aliphatic heterocycles. The van der Waals surface area contributed by atoms with Crippen LogP contribution in [0, 0.1) is 0 Å². The smallest absolute Gasteiger partial charge is 0.303 e. The number of hydrogen-bond acceptors (Lipinski definition) is 4. The summed E-state index contributed by atoms with van der Waals surface area (Å²) in [6.45, 7) is 0. The van der Waals surface area contributed by atoms with Gasteiger partial charge in [0.15, 0.2) is 5.75 Å². The number of carbonyl (C=O) groups is 1. The molecule has 3 aromatic rings. The normalized spacial score (nSPS) is 11.0. The Morgan fingerprint density at radius 1 is 1.18 bits per heavy atom. The van der Waals surface area contributed by atoms with Gasteiger partial charge in [-0.1, -0.05) is 12.1 Å². The first kappa shape index (κ1) is 14.5. The lowest BCUT2D eigenvalue weighted by molar-refractivity contribution is -0.136. The summed E-state index contributed by atoms with van der Waals surface area (Å²) in [7, 11) is 0. The number of nitrogens with zero attached hydrogens (tertiary/aromatic N) is 3. The van der Waals surface area contributed by atoms with Gasteiger partial charge in [-0.15, -0.1) is 15.0 Å². The van der Waals surface area contributed by atoms with Crippen LogP contribution in [-0.2, 0) is 11.2 Å². The molecule has 6 nitrogen and oxygen atoms in total. The number of aromatic nitrogens is 3. The Bertz CT molecular complexity index is 827. The van der Waals surface area contributed by atoms with Crippen molar-refractivity contribution >= 4 is 32.9 Å². The fourth-order valence-corrected chi connectivity index (χ4v) is 2.65. The van der Waals surface area contributed by atoms with Gasteiger partial charge in [-0.25, -0.2) is 0 Å². The number of phenolic OH excluding ortho intramolecular Hbond substituents is 1. The predicted octanol–water partition coefficient (Wildman–Crippen LogP) is 2.91. The number of rotatable bonds is 4. The largest absolute Gasteiger partial charge is 0.505 e. The van der Waals surface area contributed by atoms with E-state index < -0.39 is 5.97 Å². The van der Waals surface area contributed by atoms with Crippen LogP contribution in [0.3, 0.4) is 0 Å². The van der Waals surface area contributed by atoms with Crippen molar-refractivity contribution in [2.45, 2.75) is 12.8 Å². The molecule has 0 fully saturated rings. The number of carboxylic acid groups (broad SMARTS) is 1. The molecule has 0 bridgehead atoms. The van der Waals surface area contributed by atoms with E-state index in [1.165, 1.54) is 4.80 Å². The molecule has 112 valence electrons. The summed E-state index contributed by atoms with van der Waals surface area (Å²) >= 11 is 3.28. The van der Waals surface area contributed by atoms with Gasteiger partial charge in [-0.05, 0) is 52.2 Å². The number of fused-ring (bicyclic) bond motifs is 1. The molecule has 0 amide bonds. The molecule has 22 heavy (non-hydrogen) atoms. The Morgan fingerprint density at radius 3 is 2.41 bits per heavy atom. The zero-order chi connectivity index (χ0) is 15.7. The second-order valence-electron chi connectivity index (χ2n) is 4.82. The molecular formula is C15H12BrN3O3. The number of aryl methyl sites for hydroxylation is 1. The molecule has 2 aromatic carbocycles. The highest BCUT2D eigenvalue weighted by atomic mass is 79.9. The molecule has 0 atom stereocenters. The van der Waals surface area contributed by atoms with Gasteiger partial charge >= 0.3 is 5.97 Å². The minimum absolute atomic E-state index is 0.0133. The molecule has 0 aliphatic carbocycles. The topological polar surface area (TPSA) is 88.2 Å². The van der Waals surface area contributed by atoms with Gasteiger partial charge in [0.25, 0.3) is 0 Å². The molecule has 0 spiro atoms. The van der Waals surface area contributed by atoms with E-state index >= 15 is 0 Å². The second-order valence-corrected chi connectivity index (χ2v) is 5.67. The van der Waals surface area contributed by atoms with E-state index in [9.17, 15) is 9.90 Å². The monoisotopic (exact) mass is 361 g/mol. The summed E-state index contributed by atoms with van der Waals surface area (Å²) in [5, 5.41) is 27.7. The summed E-state index contributed by atoms with van der Waals surface area (Å²) in [4.78, 5) is 12.1. The summed E-state index contributed by atoms with van der Waals surface area (Å²) in [5.74, 6) is -0.854. The minimum Gasteiger partial charge on any atom is -0.505 e. The van der Waals surface area contributed by atoms with Crippen molar-refractivity contribution in [2.75, 3.05) is 0 Å². The van der Waals surface area contributed by atoms with E-state index in [1.54, 1.807) is 12.1 Å². The molecule has 1 aromatic heterocycles. The maximum absolute atomic E-state index is 10.7. The van der Waals surface area contributed by atoms with Crippen LogP contribution in [0.15, 0.2) is 40.9 Å². The number of carboxylic acids is 1. The molecule has 0 saturated heterocycles. The van der Waals surface area contributed by atoms with Crippen molar-refractivity contribution < 1.29 is 15.0 Å². The van der Waals surface area contributed by atoms with Crippen molar-refractivity contribution in [3.8, 4) is 11.4 Å². The highest BCUT2D eigenvalue weighted by Gasteiger charge is 2.13. The fourth-order valence-electron chi connectivity index (χ4n) is 2.15. The lowest BCUT2D eigenvalue weighted by Crippen LogP contribution is -2.02. The average Bonchev–Trinajstić information content (AvgIpc) is 2.91. The third-order valence-corrected chi connectivity index (χ3v) is 3.84. The van der Waals surface area contributed by atoms with Gasteiger partial charge in [0.2, 0.25) is 0 Å². The van der Waals surface area contributed by atoms with Gasteiger partial charge in [0.1, 0.15) is 16.7 Å². The number of benzene rings is 2. The molecule has 1 heterocycles.